The summed E-state index contributed by atoms with van der Waals surface area (Å²) in [6.07, 6.45) is 3.85. The Morgan fingerprint density at radius 3 is 2.70 bits per heavy atom. The molecule has 0 spiro atoms. The number of halogens is 1. The quantitative estimate of drug-likeness (QED) is 0.803. The summed E-state index contributed by atoms with van der Waals surface area (Å²) < 4.78 is 11.9. The lowest BCUT2D eigenvalue weighted by Gasteiger charge is -2.19. The van der Waals surface area contributed by atoms with Crippen molar-refractivity contribution in [2.75, 3.05) is 24.8 Å². The number of benzene rings is 1. The van der Waals surface area contributed by atoms with E-state index in [0.717, 1.165) is 15.1 Å². The van der Waals surface area contributed by atoms with Crippen molar-refractivity contribution in [2.45, 2.75) is 11.4 Å². The molecule has 1 amide bonds. The Labute approximate surface area is 146 Å². The molecule has 0 atom stereocenters. The Hall–Kier alpha value is -1.73. The molecule has 1 aliphatic heterocycles. The number of carbonyl (C=O) groups excluding carboxylic acids is 1. The van der Waals surface area contributed by atoms with Crippen molar-refractivity contribution < 1.29 is 14.3 Å². The van der Waals surface area contributed by atoms with Crippen molar-refractivity contribution in [3.8, 4) is 11.5 Å². The van der Waals surface area contributed by atoms with E-state index in [-0.39, 0.29) is 12.3 Å². The molecule has 1 N–H and O–H groups in total. The monoisotopic (exact) mass is 394 g/mol. The van der Waals surface area contributed by atoms with Crippen molar-refractivity contribution in [3.63, 3.8) is 0 Å². The second-order valence-corrected chi connectivity index (χ2v) is 6.58. The fourth-order valence-corrected chi connectivity index (χ4v) is 3.02. The number of ether oxygens (including phenoxy) is 2. The number of aromatic nitrogens is 1. The molecule has 23 heavy (non-hydrogen) atoms. The van der Waals surface area contributed by atoms with Gasteiger partial charge in [-0.05, 0) is 36.1 Å². The van der Waals surface area contributed by atoms with Crippen molar-refractivity contribution in [3.05, 3.63) is 40.5 Å². The first-order chi connectivity index (χ1) is 11.2. The van der Waals surface area contributed by atoms with Crippen LogP contribution >= 0.6 is 27.7 Å². The molecule has 2 heterocycles. The average Bonchev–Trinajstić information content (AvgIpc) is 2.56. The van der Waals surface area contributed by atoms with Gasteiger partial charge in [0, 0.05) is 4.47 Å². The van der Waals surface area contributed by atoms with Crippen LogP contribution in [0.3, 0.4) is 0 Å². The molecule has 2 aromatic rings. The molecule has 1 aromatic carbocycles. The van der Waals surface area contributed by atoms with Crippen LogP contribution in [-0.2, 0) is 11.2 Å². The summed E-state index contributed by atoms with van der Waals surface area (Å²) in [4.78, 5) is 16.5. The number of anilines is 1. The van der Waals surface area contributed by atoms with Gasteiger partial charge in [-0.25, -0.2) is 4.98 Å². The first kappa shape index (κ1) is 16.1. The normalized spacial score (nSPS) is 12.8. The molecule has 0 saturated carbocycles. The molecule has 0 aliphatic carbocycles. The highest BCUT2D eigenvalue weighted by molar-refractivity contribution is 9.10. The summed E-state index contributed by atoms with van der Waals surface area (Å²) in [5.41, 5.74) is 1.53. The second kappa shape index (κ2) is 7.23. The lowest BCUT2D eigenvalue weighted by atomic mass is 10.1. The van der Waals surface area contributed by atoms with Gasteiger partial charge >= 0.3 is 0 Å². The summed E-state index contributed by atoms with van der Waals surface area (Å²) >= 11 is 5.04. The smallest absolute Gasteiger partial charge is 0.228 e. The zero-order valence-corrected chi connectivity index (χ0v) is 14.9. The molecule has 3 rings (SSSR count). The number of nitrogens with one attached hydrogen (secondary N) is 1. The van der Waals surface area contributed by atoms with Crippen LogP contribution in [0, 0.1) is 0 Å². The molecule has 120 valence electrons. The van der Waals surface area contributed by atoms with Gasteiger partial charge in [0.1, 0.15) is 13.2 Å². The number of fused-ring (bicyclic) bond motifs is 1. The van der Waals surface area contributed by atoms with Gasteiger partial charge in [0.25, 0.3) is 0 Å². The topological polar surface area (TPSA) is 60.5 Å². The van der Waals surface area contributed by atoms with E-state index in [2.05, 4.69) is 26.2 Å². The largest absolute Gasteiger partial charge is 0.486 e. The number of pyridine rings is 1. The van der Waals surface area contributed by atoms with Gasteiger partial charge in [0.2, 0.25) is 5.91 Å². The summed E-state index contributed by atoms with van der Waals surface area (Å²) in [5.74, 6) is 1.26. The third-order valence-electron chi connectivity index (χ3n) is 3.29. The minimum Gasteiger partial charge on any atom is -0.486 e. The fraction of sp³-hybridized carbons (Fsp3) is 0.250. The maximum atomic E-state index is 12.2. The number of rotatable bonds is 4. The molecule has 0 bridgehead atoms. The summed E-state index contributed by atoms with van der Waals surface area (Å²) in [7, 11) is 0. The van der Waals surface area contributed by atoms with Crippen LogP contribution < -0.4 is 14.8 Å². The molecule has 1 aliphatic rings. The minimum atomic E-state index is -0.110. The van der Waals surface area contributed by atoms with E-state index in [1.54, 1.807) is 18.0 Å². The number of amides is 1. The predicted octanol–water partition coefficient (Wildman–Crippen LogP) is 3.52. The van der Waals surface area contributed by atoms with Crippen LogP contribution in [0.1, 0.15) is 5.56 Å². The zero-order valence-electron chi connectivity index (χ0n) is 12.5. The number of hydrogen-bond acceptors (Lipinski definition) is 5. The third kappa shape index (κ3) is 3.97. The molecule has 1 aromatic heterocycles. The van der Waals surface area contributed by atoms with Gasteiger partial charge in [-0.1, -0.05) is 15.9 Å². The molecule has 0 radical (unpaired) electrons. The number of thioether (sulfide) groups is 1. The lowest BCUT2D eigenvalue weighted by molar-refractivity contribution is -0.115. The Morgan fingerprint density at radius 1 is 1.30 bits per heavy atom. The van der Waals surface area contributed by atoms with Gasteiger partial charge in [-0.15, -0.1) is 11.8 Å². The highest BCUT2D eigenvalue weighted by atomic mass is 79.9. The highest BCUT2D eigenvalue weighted by Crippen LogP contribution is 2.35. The van der Waals surface area contributed by atoms with Crippen LogP contribution in [0.15, 0.2) is 40.0 Å². The maximum Gasteiger partial charge on any atom is 0.228 e. The van der Waals surface area contributed by atoms with E-state index < -0.39 is 0 Å². The lowest BCUT2D eigenvalue weighted by Crippen LogP contribution is -2.17. The highest BCUT2D eigenvalue weighted by Gasteiger charge is 2.16. The van der Waals surface area contributed by atoms with E-state index in [1.807, 2.05) is 30.5 Å². The van der Waals surface area contributed by atoms with Crippen LogP contribution in [0.5, 0.6) is 11.5 Å². The molecule has 5 nitrogen and oxygen atoms in total. The average molecular weight is 395 g/mol. The van der Waals surface area contributed by atoms with Gasteiger partial charge < -0.3 is 14.8 Å². The fourth-order valence-electron chi connectivity index (χ4n) is 2.19. The standard InChI is InChI=1S/C16H15BrN2O3S/c1-23-16-3-2-11(9-18-16)19-15(20)7-10-6-13-14(8-12(10)17)22-5-4-21-13/h2-3,6,8-9H,4-5,7H2,1H3,(H,19,20). The third-order valence-corrected chi connectivity index (χ3v) is 4.69. The SMILES string of the molecule is CSc1ccc(NC(=O)Cc2cc3c(cc2Br)OCCO3)cn1. The Kier molecular flexibility index (Phi) is 5.07. The van der Waals surface area contributed by atoms with Crippen molar-refractivity contribution >= 4 is 39.3 Å². The number of nitrogens with zero attached hydrogens (tertiary/aromatic N) is 1. The van der Waals surface area contributed by atoms with Crippen molar-refractivity contribution in [1.29, 1.82) is 0 Å². The number of hydrogen-bond donors (Lipinski definition) is 1. The molecule has 0 saturated heterocycles. The van der Waals surface area contributed by atoms with E-state index in [9.17, 15) is 4.79 Å². The number of carbonyl (C=O) groups is 1. The van der Waals surface area contributed by atoms with Gasteiger partial charge in [-0.2, -0.15) is 0 Å². The Bertz CT molecular complexity index is 722. The maximum absolute atomic E-state index is 12.2. The van der Waals surface area contributed by atoms with E-state index in [4.69, 9.17) is 9.47 Å². The summed E-state index contributed by atoms with van der Waals surface area (Å²) in [6, 6.07) is 7.40. The second-order valence-electron chi connectivity index (χ2n) is 4.90. The summed E-state index contributed by atoms with van der Waals surface area (Å²) in [5, 5.41) is 3.76. The minimum absolute atomic E-state index is 0.110. The van der Waals surface area contributed by atoms with Crippen LogP contribution in [0.4, 0.5) is 5.69 Å². The summed E-state index contributed by atoms with van der Waals surface area (Å²) in [6.45, 7) is 1.06. The Morgan fingerprint density at radius 2 is 2.04 bits per heavy atom. The van der Waals surface area contributed by atoms with Crippen molar-refractivity contribution in [1.82, 2.24) is 4.98 Å². The molecular weight excluding hydrogens is 380 g/mol. The van der Waals surface area contributed by atoms with E-state index in [1.165, 1.54) is 0 Å². The van der Waals surface area contributed by atoms with Gasteiger partial charge in [-0.3, -0.25) is 4.79 Å². The molecule has 0 unspecified atom stereocenters. The van der Waals surface area contributed by atoms with Gasteiger partial charge in [0.05, 0.1) is 23.3 Å². The van der Waals surface area contributed by atoms with Crippen molar-refractivity contribution in [2.24, 2.45) is 0 Å². The van der Waals surface area contributed by atoms with E-state index >= 15 is 0 Å². The first-order valence-corrected chi connectivity index (χ1v) is 9.05. The molecule has 0 fully saturated rings. The molecular formula is C16H15BrN2O3S. The molecule has 7 heteroatoms. The van der Waals surface area contributed by atoms with Crippen LogP contribution in [-0.4, -0.2) is 30.4 Å². The van der Waals surface area contributed by atoms with Gasteiger partial charge in [0.15, 0.2) is 11.5 Å². The van der Waals surface area contributed by atoms with E-state index in [0.29, 0.717) is 30.4 Å². The first-order valence-electron chi connectivity index (χ1n) is 7.03. The van der Waals surface area contributed by atoms with Crippen LogP contribution in [0.2, 0.25) is 0 Å². The zero-order chi connectivity index (χ0) is 16.2. The Balaban J connectivity index is 1.69. The van der Waals surface area contributed by atoms with Crippen LogP contribution in [0.25, 0.3) is 0 Å². The predicted molar refractivity (Wildman–Crippen MR) is 93.5 cm³/mol.